The van der Waals surface area contributed by atoms with Crippen molar-refractivity contribution in [3.63, 3.8) is 0 Å². The Hall–Kier alpha value is -2.10. The van der Waals surface area contributed by atoms with E-state index in [-0.39, 0.29) is 17.8 Å². The number of likely N-dealkylation sites (tertiary alicyclic amines) is 1. The first-order chi connectivity index (χ1) is 10.1. The Balaban J connectivity index is 1.98. The molecule has 1 aliphatic rings. The van der Waals surface area contributed by atoms with Crippen molar-refractivity contribution in [1.82, 2.24) is 4.90 Å². The Bertz CT molecular complexity index is 551. The lowest BCUT2D eigenvalue weighted by Gasteiger charge is -2.30. The molecule has 1 fully saturated rings. The number of esters is 1. The van der Waals surface area contributed by atoms with Gasteiger partial charge in [-0.15, -0.1) is 0 Å². The summed E-state index contributed by atoms with van der Waals surface area (Å²) in [6.45, 7) is 3.17. The van der Waals surface area contributed by atoms with Crippen molar-refractivity contribution in [3.05, 3.63) is 41.5 Å². The minimum absolute atomic E-state index is 0.0508. The van der Waals surface area contributed by atoms with Crippen LogP contribution < -0.4 is 0 Å². The molecule has 1 heterocycles. The molecule has 0 N–H and O–H groups in total. The predicted octanol–water partition coefficient (Wildman–Crippen LogP) is 2.42. The molecule has 4 heteroatoms. The second kappa shape index (κ2) is 7.07. The number of carbonyl (C=O) groups is 2. The summed E-state index contributed by atoms with van der Waals surface area (Å²) < 4.78 is 4.77. The molecule has 0 aliphatic carbocycles. The summed E-state index contributed by atoms with van der Waals surface area (Å²) >= 11 is 0. The number of hydrogen-bond acceptors (Lipinski definition) is 3. The van der Waals surface area contributed by atoms with Crippen LogP contribution in [0.15, 0.2) is 30.3 Å². The quantitative estimate of drug-likeness (QED) is 0.633. The maximum atomic E-state index is 12.2. The molecule has 2 rings (SSSR count). The van der Waals surface area contributed by atoms with Gasteiger partial charge in [-0.2, -0.15) is 0 Å². The number of methoxy groups -OCH3 is 1. The third-order valence-electron chi connectivity index (χ3n) is 3.73. The van der Waals surface area contributed by atoms with Crippen LogP contribution in [-0.2, 0) is 14.3 Å². The molecule has 112 valence electrons. The van der Waals surface area contributed by atoms with Crippen molar-refractivity contribution in [2.24, 2.45) is 5.92 Å². The molecule has 0 bridgehead atoms. The van der Waals surface area contributed by atoms with E-state index in [2.05, 4.69) is 0 Å². The highest BCUT2D eigenvalue weighted by Crippen LogP contribution is 2.18. The molecule has 0 saturated carbocycles. The van der Waals surface area contributed by atoms with E-state index in [9.17, 15) is 9.59 Å². The van der Waals surface area contributed by atoms with Crippen molar-refractivity contribution in [3.8, 4) is 0 Å². The minimum Gasteiger partial charge on any atom is -0.469 e. The highest BCUT2D eigenvalue weighted by atomic mass is 16.5. The van der Waals surface area contributed by atoms with Crippen LogP contribution in [-0.4, -0.2) is 37.0 Å². The average Bonchev–Trinajstić information content (AvgIpc) is 2.52. The van der Waals surface area contributed by atoms with Crippen molar-refractivity contribution in [2.45, 2.75) is 19.8 Å². The first-order valence-corrected chi connectivity index (χ1v) is 7.21. The molecule has 1 saturated heterocycles. The average molecular weight is 287 g/mol. The third kappa shape index (κ3) is 4.18. The van der Waals surface area contributed by atoms with Crippen LogP contribution in [0.4, 0.5) is 0 Å². The van der Waals surface area contributed by atoms with Gasteiger partial charge in [0.2, 0.25) is 5.91 Å². The van der Waals surface area contributed by atoms with Crippen LogP contribution in [0.1, 0.15) is 24.0 Å². The molecule has 21 heavy (non-hydrogen) atoms. The van der Waals surface area contributed by atoms with Crippen LogP contribution in [0, 0.1) is 12.8 Å². The first-order valence-electron chi connectivity index (χ1n) is 7.21. The van der Waals surface area contributed by atoms with Gasteiger partial charge in [-0.05, 0) is 31.4 Å². The zero-order chi connectivity index (χ0) is 15.2. The number of amides is 1. The molecule has 1 atom stereocenters. The summed E-state index contributed by atoms with van der Waals surface area (Å²) in [6.07, 6.45) is 5.02. The number of rotatable bonds is 3. The Kier molecular flexibility index (Phi) is 5.14. The summed E-state index contributed by atoms with van der Waals surface area (Å²) in [7, 11) is 1.39. The molecule has 1 aliphatic heterocycles. The van der Waals surface area contributed by atoms with Gasteiger partial charge in [0.25, 0.3) is 0 Å². The fourth-order valence-corrected chi connectivity index (χ4v) is 2.58. The molecule has 1 aromatic rings. The van der Waals surface area contributed by atoms with Gasteiger partial charge in [0.1, 0.15) is 0 Å². The number of aryl methyl sites for hydroxylation is 1. The lowest BCUT2D eigenvalue weighted by Crippen LogP contribution is -2.41. The molecular formula is C17H21NO3. The summed E-state index contributed by atoms with van der Waals surface area (Å²) in [5.74, 6) is -0.472. The normalized spacial score (nSPS) is 18.8. The number of hydrogen-bond donors (Lipinski definition) is 0. The van der Waals surface area contributed by atoms with Crippen LogP contribution in [0.25, 0.3) is 6.08 Å². The van der Waals surface area contributed by atoms with Gasteiger partial charge in [0.05, 0.1) is 13.0 Å². The zero-order valence-corrected chi connectivity index (χ0v) is 12.5. The minimum atomic E-state index is -0.227. The Morgan fingerprint density at radius 2 is 2.19 bits per heavy atom. The van der Waals surface area contributed by atoms with Gasteiger partial charge in [0, 0.05) is 19.2 Å². The van der Waals surface area contributed by atoms with E-state index < -0.39 is 0 Å². The number of nitrogens with zero attached hydrogens (tertiary/aromatic N) is 1. The highest BCUT2D eigenvalue weighted by molar-refractivity contribution is 5.92. The summed E-state index contributed by atoms with van der Waals surface area (Å²) in [5, 5.41) is 0. The van der Waals surface area contributed by atoms with E-state index >= 15 is 0 Å². The number of carbonyl (C=O) groups excluding carboxylic acids is 2. The van der Waals surface area contributed by atoms with Crippen molar-refractivity contribution in [1.29, 1.82) is 0 Å². The second-order valence-corrected chi connectivity index (χ2v) is 5.39. The molecule has 0 radical (unpaired) electrons. The fraction of sp³-hybridized carbons (Fsp3) is 0.412. The van der Waals surface area contributed by atoms with E-state index in [0.717, 1.165) is 24.0 Å². The van der Waals surface area contributed by atoms with Crippen molar-refractivity contribution in [2.75, 3.05) is 20.2 Å². The van der Waals surface area contributed by atoms with Crippen LogP contribution in [0.5, 0.6) is 0 Å². The molecule has 1 unspecified atom stereocenters. The third-order valence-corrected chi connectivity index (χ3v) is 3.73. The maximum absolute atomic E-state index is 12.2. The molecule has 1 aromatic carbocycles. The van der Waals surface area contributed by atoms with Crippen LogP contribution in [0.3, 0.4) is 0 Å². The van der Waals surface area contributed by atoms with Gasteiger partial charge in [-0.25, -0.2) is 0 Å². The fourth-order valence-electron chi connectivity index (χ4n) is 2.58. The zero-order valence-electron chi connectivity index (χ0n) is 12.5. The standard InChI is InChI=1S/C17H21NO3/c1-13-5-3-6-14(11-13)8-9-16(19)18-10-4-7-15(12-18)17(20)21-2/h3,5-6,8-9,11,15H,4,7,10,12H2,1-2H3/b9-8+. The maximum Gasteiger partial charge on any atom is 0.310 e. The summed E-state index contributed by atoms with van der Waals surface area (Å²) in [5.41, 5.74) is 2.17. The smallest absolute Gasteiger partial charge is 0.310 e. The summed E-state index contributed by atoms with van der Waals surface area (Å²) in [4.78, 5) is 25.5. The van der Waals surface area contributed by atoms with Crippen LogP contribution in [0.2, 0.25) is 0 Å². The molecule has 0 aromatic heterocycles. The highest BCUT2D eigenvalue weighted by Gasteiger charge is 2.28. The largest absolute Gasteiger partial charge is 0.469 e. The van der Waals surface area contributed by atoms with Crippen LogP contribution >= 0.6 is 0 Å². The number of piperidine rings is 1. The van der Waals surface area contributed by atoms with E-state index in [4.69, 9.17) is 4.74 Å². The topological polar surface area (TPSA) is 46.6 Å². The van der Waals surface area contributed by atoms with Gasteiger partial charge < -0.3 is 9.64 Å². The number of ether oxygens (including phenoxy) is 1. The lowest BCUT2D eigenvalue weighted by molar-refractivity contribution is -0.148. The Morgan fingerprint density at radius 3 is 2.90 bits per heavy atom. The molecule has 4 nitrogen and oxygen atoms in total. The van der Waals surface area contributed by atoms with E-state index in [1.54, 1.807) is 11.0 Å². The monoisotopic (exact) mass is 287 g/mol. The van der Waals surface area contributed by atoms with E-state index in [1.807, 2.05) is 37.3 Å². The van der Waals surface area contributed by atoms with E-state index in [1.165, 1.54) is 7.11 Å². The molecule has 1 amide bonds. The van der Waals surface area contributed by atoms with Crippen molar-refractivity contribution >= 4 is 18.0 Å². The Morgan fingerprint density at radius 1 is 1.38 bits per heavy atom. The van der Waals surface area contributed by atoms with Crippen molar-refractivity contribution < 1.29 is 14.3 Å². The number of benzene rings is 1. The van der Waals surface area contributed by atoms with Gasteiger partial charge in [-0.3, -0.25) is 9.59 Å². The second-order valence-electron chi connectivity index (χ2n) is 5.39. The Labute approximate surface area is 125 Å². The molecule has 0 spiro atoms. The molecular weight excluding hydrogens is 266 g/mol. The SMILES string of the molecule is COC(=O)C1CCCN(C(=O)/C=C/c2cccc(C)c2)C1. The van der Waals surface area contributed by atoms with E-state index in [0.29, 0.717) is 13.1 Å². The summed E-state index contributed by atoms with van der Waals surface area (Å²) in [6, 6.07) is 7.97. The van der Waals surface area contributed by atoms with Gasteiger partial charge >= 0.3 is 5.97 Å². The predicted molar refractivity (Wildman–Crippen MR) is 81.5 cm³/mol. The first kappa shape index (κ1) is 15.3. The van der Waals surface area contributed by atoms with Gasteiger partial charge in [0.15, 0.2) is 0 Å². The van der Waals surface area contributed by atoms with Gasteiger partial charge in [-0.1, -0.05) is 29.8 Å². The lowest BCUT2D eigenvalue weighted by atomic mass is 9.98.